The first-order valence-electron chi connectivity index (χ1n) is 7.80. The molecule has 3 rings (SSSR count). The Morgan fingerprint density at radius 1 is 1.14 bits per heavy atom. The lowest BCUT2D eigenvalue weighted by Crippen LogP contribution is -2.39. The highest BCUT2D eigenvalue weighted by atomic mass is 32.2. The van der Waals surface area contributed by atoms with E-state index in [9.17, 15) is 8.42 Å². The fraction of sp³-hybridized carbons (Fsp3) is 0.846. The zero-order chi connectivity index (χ0) is 14.7. The Bertz CT molecular complexity index is 559. The molecule has 0 radical (unpaired) electrons. The van der Waals surface area contributed by atoms with Crippen molar-refractivity contribution in [3.63, 3.8) is 0 Å². The molecule has 7 nitrogen and oxygen atoms in total. The Labute approximate surface area is 125 Å². The quantitative estimate of drug-likeness (QED) is 0.886. The Balaban J connectivity index is 1.64. The second-order valence-electron chi connectivity index (χ2n) is 5.88. The fourth-order valence-corrected chi connectivity index (χ4v) is 4.47. The van der Waals surface area contributed by atoms with E-state index in [0.29, 0.717) is 25.0 Å². The number of hydrogen-bond acceptors (Lipinski definition) is 4. The third kappa shape index (κ3) is 3.44. The predicted octanol–water partition coefficient (Wildman–Crippen LogP) is 1.21. The van der Waals surface area contributed by atoms with Crippen molar-refractivity contribution in [3.05, 3.63) is 12.2 Å². The van der Waals surface area contributed by atoms with E-state index in [1.807, 2.05) is 4.57 Å². The van der Waals surface area contributed by atoms with Crippen molar-refractivity contribution in [2.45, 2.75) is 57.5 Å². The van der Waals surface area contributed by atoms with Gasteiger partial charge in [-0.1, -0.05) is 19.3 Å². The van der Waals surface area contributed by atoms with Gasteiger partial charge in [0.1, 0.15) is 12.2 Å². The molecule has 8 heteroatoms. The lowest BCUT2D eigenvalue weighted by Gasteiger charge is -2.24. The lowest BCUT2D eigenvalue weighted by atomic mass is 9.95. The monoisotopic (exact) mass is 313 g/mol. The number of hydrogen-bond donors (Lipinski definition) is 1. The van der Waals surface area contributed by atoms with Gasteiger partial charge in [0.25, 0.3) is 10.2 Å². The summed E-state index contributed by atoms with van der Waals surface area (Å²) >= 11 is 0. The van der Waals surface area contributed by atoms with Crippen LogP contribution in [0.5, 0.6) is 0 Å². The molecule has 2 aliphatic rings. The summed E-state index contributed by atoms with van der Waals surface area (Å²) in [6.07, 6.45) is 9.61. The van der Waals surface area contributed by atoms with Gasteiger partial charge >= 0.3 is 0 Å². The van der Waals surface area contributed by atoms with Crippen LogP contribution in [0.4, 0.5) is 0 Å². The number of nitrogens with one attached hydrogen (secondary N) is 1. The van der Waals surface area contributed by atoms with Crippen LogP contribution >= 0.6 is 0 Å². The molecule has 1 aliphatic heterocycles. The molecular weight excluding hydrogens is 290 g/mol. The van der Waals surface area contributed by atoms with E-state index < -0.39 is 10.2 Å². The van der Waals surface area contributed by atoms with Crippen LogP contribution in [-0.2, 0) is 16.8 Å². The minimum absolute atomic E-state index is 0.218. The standard InChI is InChI=1S/C13H23N5O2S/c19-21(20,17-8-4-5-9-17)15-10-13-16-14-11-18(13)12-6-2-1-3-7-12/h11-12,15H,1-10H2. The number of nitrogens with zero attached hydrogens (tertiary/aromatic N) is 4. The SMILES string of the molecule is O=S(=O)(NCc1nncn1C1CCCCC1)N1CCCC1. The Hall–Kier alpha value is -0.990. The van der Waals surface area contributed by atoms with E-state index >= 15 is 0 Å². The van der Waals surface area contributed by atoms with E-state index in [2.05, 4.69) is 14.9 Å². The Kier molecular flexibility index (Phi) is 4.56. The summed E-state index contributed by atoms with van der Waals surface area (Å²) in [6, 6.07) is 0.417. The zero-order valence-electron chi connectivity index (χ0n) is 12.2. The van der Waals surface area contributed by atoms with Gasteiger partial charge in [0.2, 0.25) is 0 Å². The Morgan fingerprint density at radius 2 is 1.86 bits per heavy atom. The van der Waals surface area contributed by atoms with E-state index in [-0.39, 0.29) is 6.54 Å². The number of rotatable bonds is 5. The van der Waals surface area contributed by atoms with Gasteiger partial charge in [-0.05, 0) is 25.7 Å². The van der Waals surface area contributed by atoms with E-state index in [0.717, 1.165) is 25.7 Å². The largest absolute Gasteiger partial charge is 0.313 e. The average Bonchev–Trinajstić information content (AvgIpc) is 3.18. The van der Waals surface area contributed by atoms with Crippen LogP contribution in [0.2, 0.25) is 0 Å². The fourth-order valence-electron chi connectivity index (χ4n) is 3.23. The summed E-state index contributed by atoms with van der Waals surface area (Å²) in [4.78, 5) is 0. The van der Waals surface area contributed by atoms with E-state index in [4.69, 9.17) is 0 Å². The first-order chi connectivity index (χ1) is 10.2. The highest BCUT2D eigenvalue weighted by Gasteiger charge is 2.26. The third-order valence-corrected chi connectivity index (χ3v) is 5.99. The maximum absolute atomic E-state index is 12.2. The van der Waals surface area contributed by atoms with Crippen molar-refractivity contribution in [3.8, 4) is 0 Å². The maximum atomic E-state index is 12.2. The first-order valence-corrected chi connectivity index (χ1v) is 9.24. The molecule has 118 valence electrons. The summed E-state index contributed by atoms with van der Waals surface area (Å²) in [5.41, 5.74) is 0. The molecule has 1 N–H and O–H groups in total. The van der Waals surface area contributed by atoms with E-state index in [1.54, 1.807) is 6.33 Å². The summed E-state index contributed by atoms with van der Waals surface area (Å²) in [7, 11) is -3.38. The van der Waals surface area contributed by atoms with Crippen LogP contribution in [0.1, 0.15) is 56.8 Å². The molecule has 2 heterocycles. The van der Waals surface area contributed by atoms with Crippen molar-refractivity contribution < 1.29 is 8.42 Å². The summed E-state index contributed by atoms with van der Waals surface area (Å²) in [5.74, 6) is 0.713. The topological polar surface area (TPSA) is 80.1 Å². The highest BCUT2D eigenvalue weighted by Crippen LogP contribution is 2.28. The van der Waals surface area contributed by atoms with Gasteiger partial charge in [0.15, 0.2) is 0 Å². The molecule has 0 unspecified atom stereocenters. The van der Waals surface area contributed by atoms with Gasteiger partial charge in [0, 0.05) is 19.1 Å². The zero-order valence-corrected chi connectivity index (χ0v) is 13.1. The first kappa shape index (κ1) is 14.9. The molecule has 1 saturated heterocycles. The average molecular weight is 313 g/mol. The van der Waals surface area contributed by atoms with Gasteiger partial charge in [-0.15, -0.1) is 10.2 Å². The molecule has 21 heavy (non-hydrogen) atoms. The highest BCUT2D eigenvalue weighted by molar-refractivity contribution is 7.87. The van der Waals surface area contributed by atoms with Crippen LogP contribution in [0.25, 0.3) is 0 Å². The molecule has 0 spiro atoms. The van der Waals surface area contributed by atoms with Crippen LogP contribution in [0.3, 0.4) is 0 Å². The number of aromatic nitrogens is 3. The minimum atomic E-state index is -3.38. The van der Waals surface area contributed by atoms with Gasteiger partial charge in [-0.25, -0.2) is 0 Å². The molecule has 0 amide bonds. The minimum Gasteiger partial charge on any atom is -0.313 e. The molecule has 0 aromatic carbocycles. The second kappa shape index (κ2) is 6.41. The molecule has 1 aromatic rings. The van der Waals surface area contributed by atoms with Gasteiger partial charge in [0.05, 0.1) is 6.54 Å². The predicted molar refractivity (Wildman–Crippen MR) is 78.7 cm³/mol. The lowest BCUT2D eigenvalue weighted by molar-refractivity contribution is 0.344. The summed E-state index contributed by atoms with van der Waals surface area (Å²) in [5, 5.41) is 8.05. The van der Waals surface area contributed by atoms with Crippen molar-refractivity contribution in [2.24, 2.45) is 0 Å². The molecule has 2 fully saturated rings. The third-order valence-electron chi connectivity index (χ3n) is 4.43. The maximum Gasteiger partial charge on any atom is 0.279 e. The molecule has 1 saturated carbocycles. The molecule has 0 bridgehead atoms. The molecular formula is C13H23N5O2S. The normalized spacial score (nSPS) is 21.9. The smallest absolute Gasteiger partial charge is 0.279 e. The van der Waals surface area contributed by atoms with Crippen molar-refractivity contribution in [1.82, 2.24) is 23.8 Å². The molecule has 1 aliphatic carbocycles. The second-order valence-corrected chi connectivity index (χ2v) is 7.63. The summed E-state index contributed by atoms with van der Waals surface area (Å²) < 4.78 is 30.6. The van der Waals surface area contributed by atoms with Gasteiger partial charge in [-0.3, -0.25) is 0 Å². The Morgan fingerprint density at radius 3 is 2.57 bits per heavy atom. The molecule has 1 aromatic heterocycles. The van der Waals surface area contributed by atoms with Crippen LogP contribution in [0.15, 0.2) is 6.33 Å². The van der Waals surface area contributed by atoms with Crippen molar-refractivity contribution in [1.29, 1.82) is 0 Å². The van der Waals surface area contributed by atoms with Crippen molar-refractivity contribution >= 4 is 10.2 Å². The van der Waals surface area contributed by atoms with Crippen LogP contribution < -0.4 is 4.72 Å². The molecule has 0 atom stereocenters. The summed E-state index contributed by atoms with van der Waals surface area (Å²) in [6.45, 7) is 1.45. The van der Waals surface area contributed by atoms with Crippen LogP contribution in [0, 0.1) is 0 Å². The van der Waals surface area contributed by atoms with Crippen LogP contribution in [-0.4, -0.2) is 40.6 Å². The van der Waals surface area contributed by atoms with Gasteiger partial charge in [-0.2, -0.15) is 17.4 Å². The van der Waals surface area contributed by atoms with Gasteiger partial charge < -0.3 is 4.57 Å². The van der Waals surface area contributed by atoms with Crippen molar-refractivity contribution in [2.75, 3.05) is 13.1 Å². The van der Waals surface area contributed by atoms with E-state index in [1.165, 1.54) is 23.6 Å².